The molecular formula is C16H15BrN2O2. The minimum Gasteiger partial charge on any atom is -0.493 e. The smallest absolute Gasteiger partial charge is 0.319 e. The van der Waals surface area contributed by atoms with Gasteiger partial charge >= 0.3 is 6.03 Å². The van der Waals surface area contributed by atoms with Crippen LogP contribution in [0, 0.1) is 0 Å². The predicted octanol–water partition coefficient (Wildman–Crippen LogP) is 4.09. The van der Waals surface area contributed by atoms with Crippen molar-refractivity contribution in [2.75, 3.05) is 11.9 Å². The molecule has 21 heavy (non-hydrogen) atoms. The van der Waals surface area contributed by atoms with E-state index in [1.165, 1.54) is 0 Å². The zero-order valence-electron chi connectivity index (χ0n) is 11.3. The number of carbonyl (C=O) groups is 1. The number of carbonyl (C=O) groups excluding carboxylic acids is 1. The number of hydrogen-bond acceptors (Lipinski definition) is 2. The molecule has 0 spiro atoms. The van der Waals surface area contributed by atoms with Crippen molar-refractivity contribution in [1.82, 2.24) is 5.32 Å². The van der Waals surface area contributed by atoms with Crippen LogP contribution in [0.3, 0.4) is 0 Å². The first kappa shape index (κ1) is 13.9. The zero-order chi connectivity index (χ0) is 14.7. The summed E-state index contributed by atoms with van der Waals surface area (Å²) in [7, 11) is 0. The van der Waals surface area contributed by atoms with E-state index in [4.69, 9.17) is 4.74 Å². The van der Waals surface area contributed by atoms with Crippen molar-refractivity contribution in [2.24, 2.45) is 0 Å². The fourth-order valence-corrected chi connectivity index (χ4v) is 2.76. The Morgan fingerprint density at radius 1 is 1.14 bits per heavy atom. The fraction of sp³-hybridized carbons (Fsp3) is 0.188. The Morgan fingerprint density at radius 3 is 2.76 bits per heavy atom. The molecule has 1 unspecified atom stereocenters. The number of anilines is 1. The van der Waals surface area contributed by atoms with Gasteiger partial charge in [-0.3, -0.25) is 0 Å². The lowest BCUT2D eigenvalue weighted by Crippen LogP contribution is -2.35. The standard InChI is InChI=1S/C16H15BrN2O2/c17-12-6-2-3-7-14(12)19-16(20)18-13-9-10-21-15-8-4-1-5-11(13)15/h1-8,13H,9-10H2,(H2,18,19,20). The summed E-state index contributed by atoms with van der Waals surface area (Å²) in [6, 6.07) is 15.1. The summed E-state index contributed by atoms with van der Waals surface area (Å²) in [6.07, 6.45) is 0.764. The Hall–Kier alpha value is -2.01. The van der Waals surface area contributed by atoms with E-state index in [0.29, 0.717) is 6.61 Å². The van der Waals surface area contributed by atoms with Crippen LogP contribution in [0.1, 0.15) is 18.0 Å². The maximum atomic E-state index is 12.2. The Bertz CT molecular complexity index is 660. The van der Waals surface area contributed by atoms with E-state index >= 15 is 0 Å². The Labute approximate surface area is 131 Å². The molecule has 5 heteroatoms. The van der Waals surface area contributed by atoms with Gasteiger partial charge < -0.3 is 15.4 Å². The third kappa shape index (κ3) is 3.19. The van der Waals surface area contributed by atoms with E-state index in [0.717, 1.165) is 27.9 Å². The van der Waals surface area contributed by atoms with Crippen molar-refractivity contribution in [1.29, 1.82) is 0 Å². The highest BCUT2D eigenvalue weighted by Gasteiger charge is 2.22. The van der Waals surface area contributed by atoms with E-state index in [-0.39, 0.29) is 12.1 Å². The molecule has 1 atom stereocenters. The summed E-state index contributed by atoms with van der Waals surface area (Å²) in [5, 5.41) is 5.85. The van der Waals surface area contributed by atoms with E-state index in [2.05, 4.69) is 26.6 Å². The van der Waals surface area contributed by atoms with Gasteiger partial charge in [0.2, 0.25) is 0 Å². The number of urea groups is 1. The van der Waals surface area contributed by atoms with Crippen LogP contribution in [-0.4, -0.2) is 12.6 Å². The molecule has 108 valence electrons. The van der Waals surface area contributed by atoms with Crippen molar-refractivity contribution < 1.29 is 9.53 Å². The van der Waals surface area contributed by atoms with Gasteiger partial charge in [0.25, 0.3) is 0 Å². The summed E-state index contributed by atoms with van der Waals surface area (Å²) >= 11 is 3.41. The van der Waals surface area contributed by atoms with Crippen LogP contribution in [0.4, 0.5) is 10.5 Å². The summed E-state index contributed by atoms with van der Waals surface area (Å²) in [6.45, 7) is 0.608. The molecule has 0 saturated heterocycles. The maximum Gasteiger partial charge on any atom is 0.319 e. The molecule has 2 N–H and O–H groups in total. The van der Waals surface area contributed by atoms with Crippen LogP contribution in [0.5, 0.6) is 5.75 Å². The third-order valence-corrected chi connectivity index (χ3v) is 4.08. The van der Waals surface area contributed by atoms with Gasteiger partial charge in [-0.1, -0.05) is 30.3 Å². The minimum atomic E-state index is -0.219. The fourth-order valence-electron chi connectivity index (χ4n) is 2.37. The van der Waals surface area contributed by atoms with Crippen LogP contribution in [0.15, 0.2) is 53.0 Å². The van der Waals surface area contributed by atoms with E-state index in [9.17, 15) is 4.79 Å². The van der Waals surface area contributed by atoms with Gasteiger partial charge in [-0.2, -0.15) is 0 Å². The number of fused-ring (bicyclic) bond motifs is 1. The van der Waals surface area contributed by atoms with Crippen LogP contribution in [0.2, 0.25) is 0 Å². The van der Waals surface area contributed by atoms with Crippen molar-refractivity contribution in [3.05, 3.63) is 58.6 Å². The summed E-state index contributed by atoms with van der Waals surface area (Å²) in [5.74, 6) is 0.843. The zero-order valence-corrected chi connectivity index (χ0v) is 12.9. The number of ether oxygens (including phenoxy) is 1. The molecule has 0 saturated carbocycles. The second-order valence-corrected chi connectivity index (χ2v) is 5.66. The average Bonchev–Trinajstić information content (AvgIpc) is 2.50. The highest BCUT2D eigenvalue weighted by atomic mass is 79.9. The molecule has 0 aliphatic carbocycles. The quantitative estimate of drug-likeness (QED) is 0.860. The lowest BCUT2D eigenvalue weighted by Gasteiger charge is -2.26. The Balaban J connectivity index is 1.70. The van der Waals surface area contributed by atoms with Gasteiger partial charge in [0.05, 0.1) is 18.3 Å². The molecule has 1 aliphatic rings. The van der Waals surface area contributed by atoms with Crippen molar-refractivity contribution in [3.63, 3.8) is 0 Å². The number of halogens is 1. The van der Waals surface area contributed by atoms with Crippen LogP contribution in [-0.2, 0) is 0 Å². The first-order valence-corrected chi connectivity index (χ1v) is 7.57. The number of nitrogens with one attached hydrogen (secondary N) is 2. The van der Waals surface area contributed by atoms with Crippen LogP contribution < -0.4 is 15.4 Å². The molecular weight excluding hydrogens is 332 g/mol. The first-order valence-electron chi connectivity index (χ1n) is 6.78. The lowest BCUT2D eigenvalue weighted by molar-refractivity contribution is 0.232. The van der Waals surface area contributed by atoms with Gasteiger partial charge in [0.15, 0.2) is 0 Å². The van der Waals surface area contributed by atoms with Gasteiger partial charge in [0, 0.05) is 16.5 Å². The van der Waals surface area contributed by atoms with E-state index in [1.807, 2.05) is 48.5 Å². The van der Waals surface area contributed by atoms with Crippen molar-refractivity contribution in [3.8, 4) is 5.75 Å². The number of para-hydroxylation sites is 2. The first-order chi connectivity index (χ1) is 10.2. The molecule has 1 aliphatic heterocycles. The Morgan fingerprint density at radius 2 is 1.90 bits per heavy atom. The lowest BCUT2D eigenvalue weighted by atomic mass is 10.0. The highest BCUT2D eigenvalue weighted by Crippen LogP contribution is 2.31. The topological polar surface area (TPSA) is 50.4 Å². The molecule has 0 radical (unpaired) electrons. The van der Waals surface area contributed by atoms with Gasteiger partial charge in [-0.05, 0) is 34.1 Å². The van der Waals surface area contributed by atoms with E-state index < -0.39 is 0 Å². The normalized spacial score (nSPS) is 16.5. The minimum absolute atomic E-state index is 0.0302. The molecule has 0 aromatic heterocycles. The van der Waals surface area contributed by atoms with Crippen LogP contribution in [0.25, 0.3) is 0 Å². The monoisotopic (exact) mass is 346 g/mol. The number of rotatable bonds is 2. The van der Waals surface area contributed by atoms with Gasteiger partial charge in [-0.25, -0.2) is 4.79 Å². The molecule has 2 aromatic rings. The molecule has 0 fully saturated rings. The third-order valence-electron chi connectivity index (χ3n) is 3.39. The molecule has 0 bridgehead atoms. The van der Waals surface area contributed by atoms with Crippen molar-refractivity contribution in [2.45, 2.75) is 12.5 Å². The summed E-state index contributed by atoms with van der Waals surface area (Å²) in [5.41, 5.74) is 1.77. The predicted molar refractivity (Wildman–Crippen MR) is 85.6 cm³/mol. The SMILES string of the molecule is O=C(Nc1ccccc1Br)NC1CCOc2ccccc21. The van der Waals surface area contributed by atoms with E-state index in [1.54, 1.807) is 0 Å². The van der Waals surface area contributed by atoms with Crippen LogP contribution >= 0.6 is 15.9 Å². The molecule has 2 aromatic carbocycles. The average molecular weight is 347 g/mol. The number of benzene rings is 2. The molecule has 4 nitrogen and oxygen atoms in total. The molecule has 3 rings (SSSR count). The molecule has 2 amide bonds. The second-order valence-electron chi connectivity index (χ2n) is 4.81. The highest BCUT2D eigenvalue weighted by molar-refractivity contribution is 9.10. The Kier molecular flexibility index (Phi) is 4.10. The van der Waals surface area contributed by atoms with Gasteiger partial charge in [0.1, 0.15) is 5.75 Å². The second kappa shape index (κ2) is 6.18. The summed E-state index contributed by atoms with van der Waals surface area (Å²) < 4.78 is 6.45. The van der Waals surface area contributed by atoms with Gasteiger partial charge in [-0.15, -0.1) is 0 Å². The maximum absolute atomic E-state index is 12.2. The largest absolute Gasteiger partial charge is 0.493 e. The number of amides is 2. The summed E-state index contributed by atoms with van der Waals surface area (Å²) in [4.78, 5) is 12.2. The molecule has 1 heterocycles. The van der Waals surface area contributed by atoms with Crippen molar-refractivity contribution >= 4 is 27.6 Å². The number of hydrogen-bond donors (Lipinski definition) is 2.